The van der Waals surface area contributed by atoms with Gasteiger partial charge in [-0.3, -0.25) is 9.69 Å². The van der Waals surface area contributed by atoms with E-state index in [0.29, 0.717) is 6.54 Å². The van der Waals surface area contributed by atoms with Crippen LogP contribution in [0, 0.1) is 0 Å². The maximum absolute atomic E-state index is 11.3. The number of rotatable bonds is 4. The first-order chi connectivity index (χ1) is 6.29. The maximum atomic E-state index is 11.3. The van der Waals surface area contributed by atoms with E-state index in [1.54, 1.807) is 0 Å². The van der Waals surface area contributed by atoms with Crippen molar-refractivity contribution in [3.63, 3.8) is 0 Å². The van der Waals surface area contributed by atoms with E-state index in [0.717, 1.165) is 25.9 Å². The minimum atomic E-state index is -0.319. The third-order valence-corrected chi connectivity index (χ3v) is 2.41. The summed E-state index contributed by atoms with van der Waals surface area (Å²) in [6.07, 6.45) is 2.21. The lowest BCUT2D eigenvalue weighted by atomic mass is 10.1. The fourth-order valence-electron chi connectivity index (χ4n) is 1.59. The SMILES string of the molecule is CCCCN1CCNC(=O)C1CO. The van der Waals surface area contributed by atoms with E-state index >= 15 is 0 Å². The van der Waals surface area contributed by atoms with Crippen LogP contribution in [0.4, 0.5) is 0 Å². The number of hydrogen-bond acceptors (Lipinski definition) is 3. The second-order valence-electron chi connectivity index (χ2n) is 3.38. The molecule has 0 radical (unpaired) electrons. The van der Waals surface area contributed by atoms with Crippen molar-refractivity contribution in [1.82, 2.24) is 10.2 Å². The van der Waals surface area contributed by atoms with Gasteiger partial charge in [-0.2, -0.15) is 0 Å². The van der Waals surface area contributed by atoms with Gasteiger partial charge in [0.25, 0.3) is 0 Å². The number of hydrogen-bond donors (Lipinski definition) is 2. The van der Waals surface area contributed by atoms with Gasteiger partial charge in [0.2, 0.25) is 5.91 Å². The van der Waals surface area contributed by atoms with Gasteiger partial charge >= 0.3 is 0 Å². The molecule has 1 aliphatic rings. The fraction of sp³-hybridized carbons (Fsp3) is 0.889. The van der Waals surface area contributed by atoms with E-state index in [1.165, 1.54) is 0 Å². The highest BCUT2D eigenvalue weighted by atomic mass is 16.3. The molecule has 0 spiro atoms. The Hall–Kier alpha value is -0.610. The van der Waals surface area contributed by atoms with Crippen molar-refractivity contribution >= 4 is 5.91 Å². The number of piperazine rings is 1. The third-order valence-electron chi connectivity index (χ3n) is 2.41. The van der Waals surface area contributed by atoms with E-state index in [4.69, 9.17) is 5.11 Å². The summed E-state index contributed by atoms with van der Waals surface area (Å²) in [6, 6.07) is -0.319. The normalized spacial score (nSPS) is 24.5. The smallest absolute Gasteiger partial charge is 0.239 e. The van der Waals surface area contributed by atoms with Crippen molar-refractivity contribution in [1.29, 1.82) is 0 Å². The quantitative estimate of drug-likeness (QED) is 0.627. The van der Waals surface area contributed by atoms with Gasteiger partial charge in [0, 0.05) is 13.1 Å². The Morgan fingerprint density at radius 3 is 3.08 bits per heavy atom. The lowest BCUT2D eigenvalue weighted by Crippen LogP contribution is -2.56. The number of carbonyl (C=O) groups is 1. The molecule has 1 fully saturated rings. The molecule has 0 bridgehead atoms. The zero-order chi connectivity index (χ0) is 9.68. The highest BCUT2D eigenvalue weighted by Gasteiger charge is 2.27. The van der Waals surface area contributed by atoms with E-state index < -0.39 is 0 Å². The molecule has 1 saturated heterocycles. The molecule has 0 aliphatic carbocycles. The van der Waals surface area contributed by atoms with Crippen molar-refractivity contribution in [3.8, 4) is 0 Å². The molecule has 13 heavy (non-hydrogen) atoms. The molecule has 1 atom stereocenters. The number of carbonyl (C=O) groups excluding carboxylic acids is 1. The molecule has 76 valence electrons. The Bertz CT molecular complexity index is 173. The van der Waals surface area contributed by atoms with Gasteiger partial charge in [0.05, 0.1) is 6.61 Å². The lowest BCUT2D eigenvalue weighted by Gasteiger charge is -2.33. The molecular weight excluding hydrogens is 168 g/mol. The summed E-state index contributed by atoms with van der Waals surface area (Å²) >= 11 is 0. The van der Waals surface area contributed by atoms with E-state index in [-0.39, 0.29) is 18.6 Å². The average molecular weight is 186 g/mol. The summed E-state index contributed by atoms with van der Waals surface area (Å²) in [4.78, 5) is 13.3. The third kappa shape index (κ3) is 2.67. The lowest BCUT2D eigenvalue weighted by molar-refractivity contribution is -0.130. The molecule has 1 amide bonds. The van der Waals surface area contributed by atoms with E-state index in [1.807, 2.05) is 0 Å². The largest absolute Gasteiger partial charge is 0.394 e. The predicted molar refractivity (Wildman–Crippen MR) is 50.4 cm³/mol. The Balaban J connectivity index is 2.44. The summed E-state index contributed by atoms with van der Waals surface area (Å²) in [5.74, 6) is -0.0372. The van der Waals surface area contributed by atoms with Gasteiger partial charge in [-0.1, -0.05) is 13.3 Å². The van der Waals surface area contributed by atoms with Crippen molar-refractivity contribution in [2.45, 2.75) is 25.8 Å². The van der Waals surface area contributed by atoms with Gasteiger partial charge < -0.3 is 10.4 Å². The zero-order valence-corrected chi connectivity index (χ0v) is 8.12. The van der Waals surface area contributed by atoms with Crippen LogP contribution in [0.15, 0.2) is 0 Å². The van der Waals surface area contributed by atoms with E-state index in [9.17, 15) is 4.79 Å². The van der Waals surface area contributed by atoms with Crippen LogP contribution in [0.3, 0.4) is 0 Å². The number of unbranched alkanes of at least 4 members (excludes halogenated alkanes) is 1. The number of aliphatic hydroxyl groups excluding tert-OH is 1. The topological polar surface area (TPSA) is 52.6 Å². The molecule has 1 rings (SSSR count). The number of nitrogens with zero attached hydrogens (tertiary/aromatic N) is 1. The first-order valence-electron chi connectivity index (χ1n) is 4.92. The Labute approximate surface area is 78.9 Å². The Morgan fingerprint density at radius 1 is 1.69 bits per heavy atom. The average Bonchev–Trinajstić information content (AvgIpc) is 2.15. The van der Waals surface area contributed by atoms with Crippen molar-refractivity contribution < 1.29 is 9.90 Å². The Morgan fingerprint density at radius 2 is 2.46 bits per heavy atom. The molecule has 0 aromatic rings. The van der Waals surface area contributed by atoms with Crippen LogP contribution in [0.5, 0.6) is 0 Å². The molecule has 0 aromatic carbocycles. The molecule has 1 aliphatic heterocycles. The molecule has 0 aromatic heterocycles. The molecule has 4 heteroatoms. The van der Waals surface area contributed by atoms with Crippen LogP contribution >= 0.6 is 0 Å². The van der Waals surface area contributed by atoms with Gasteiger partial charge in [-0.05, 0) is 13.0 Å². The summed E-state index contributed by atoms with van der Waals surface area (Å²) in [5, 5.41) is 11.8. The first kappa shape index (κ1) is 10.5. The first-order valence-corrected chi connectivity index (χ1v) is 4.92. The molecule has 0 saturated carbocycles. The van der Waals surface area contributed by atoms with Crippen LogP contribution < -0.4 is 5.32 Å². The zero-order valence-electron chi connectivity index (χ0n) is 8.12. The summed E-state index contributed by atoms with van der Waals surface area (Å²) < 4.78 is 0. The second-order valence-corrected chi connectivity index (χ2v) is 3.38. The number of amides is 1. The highest BCUT2D eigenvalue weighted by molar-refractivity contribution is 5.82. The van der Waals surface area contributed by atoms with Gasteiger partial charge in [-0.25, -0.2) is 0 Å². The molecule has 1 unspecified atom stereocenters. The standard InChI is InChI=1S/C9H18N2O2/c1-2-3-5-11-6-4-10-9(13)8(11)7-12/h8,12H,2-7H2,1H3,(H,10,13). The van der Waals surface area contributed by atoms with Crippen molar-refractivity contribution in [2.24, 2.45) is 0 Å². The molecule has 4 nitrogen and oxygen atoms in total. The summed E-state index contributed by atoms with van der Waals surface area (Å²) in [7, 11) is 0. The van der Waals surface area contributed by atoms with Gasteiger partial charge in [0.15, 0.2) is 0 Å². The van der Waals surface area contributed by atoms with Crippen LogP contribution in [-0.4, -0.2) is 48.2 Å². The maximum Gasteiger partial charge on any atom is 0.239 e. The number of aliphatic hydroxyl groups is 1. The van der Waals surface area contributed by atoms with Crippen molar-refractivity contribution in [2.75, 3.05) is 26.2 Å². The van der Waals surface area contributed by atoms with Gasteiger partial charge in [-0.15, -0.1) is 0 Å². The monoisotopic (exact) mass is 186 g/mol. The van der Waals surface area contributed by atoms with Crippen LogP contribution in [0.1, 0.15) is 19.8 Å². The highest BCUT2D eigenvalue weighted by Crippen LogP contribution is 2.05. The minimum absolute atomic E-state index is 0.0372. The summed E-state index contributed by atoms with van der Waals surface area (Å²) in [6.45, 7) is 4.53. The molecule has 1 heterocycles. The predicted octanol–water partition coefficient (Wildman–Crippen LogP) is -0.421. The second kappa shape index (κ2) is 5.19. The number of nitrogens with one attached hydrogen (secondary N) is 1. The van der Waals surface area contributed by atoms with Crippen molar-refractivity contribution in [3.05, 3.63) is 0 Å². The summed E-state index contributed by atoms with van der Waals surface area (Å²) in [5.41, 5.74) is 0. The van der Waals surface area contributed by atoms with Gasteiger partial charge in [0.1, 0.15) is 6.04 Å². The van der Waals surface area contributed by atoms with Crippen LogP contribution in [0.25, 0.3) is 0 Å². The molecule has 2 N–H and O–H groups in total. The fourth-order valence-corrected chi connectivity index (χ4v) is 1.59. The van der Waals surface area contributed by atoms with Crippen LogP contribution in [0.2, 0.25) is 0 Å². The van der Waals surface area contributed by atoms with Crippen LogP contribution in [-0.2, 0) is 4.79 Å². The van der Waals surface area contributed by atoms with E-state index in [2.05, 4.69) is 17.1 Å². The molecular formula is C9H18N2O2. The Kier molecular flexibility index (Phi) is 4.18. The minimum Gasteiger partial charge on any atom is -0.394 e.